The second-order valence-electron chi connectivity index (χ2n) is 6.61. The molecule has 1 aliphatic carbocycles. The SMILES string of the molecule is O=S1(=O)C2CCC1CC(O)(C1CCCCCC1)C2. The van der Waals surface area contributed by atoms with E-state index in [1.807, 2.05) is 0 Å². The monoisotopic (exact) mass is 272 g/mol. The third-order valence-electron chi connectivity index (χ3n) is 5.52. The van der Waals surface area contributed by atoms with E-state index < -0.39 is 15.4 Å². The molecule has 3 aliphatic rings. The summed E-state index contributed by atoms with van der Waals surface area (Å²) < 4.78 is 24.2. The summed E-state index contributed by atoms with van der Waals surface area (Å²) in [5.41, 5.74) is -0.679. The molecule has 2 unspecified atom stereocenters. The van der Waals surface area contributed by atoms with Crippen LogP contribution in [0, 0.1) is 5.92 Å². The van der Waals surface area contributed by atoms with Crippen LogP contribution in [0.5, 0.6) is 0 Å². The lowest BCUT2D eigenvalue weighted by Gasteiger charge is -2.41. The van der Waals surface area contributed by atoms with E-state index in [9.17, 15) is 13.5 Å². The van der Waals surface area contributed by atoms with Crippen LogP contribution in [0.3, 0.4) is 0 Å². The van der Waals surface area contributed by atoms with Gasteiger partial charge >= 0.3 is 0 Å². The van der Waals surface area contributed by atoms with Gasteiger partial charge in [-0.1, -0.05) is 25.7 Å². The summed E-state index contributed by atoms with van der Waals surface area (Å²) in [5, 5.41) is 10.5. The molecular formula is C14H24O3S. The van der Waals surface area contributed by atoms with Crippen LogP contribution < -0.4 is 0 Å². The fraction of sp³-hybridized carbons (Fsp3) is 1.00. The molecule has 0 amide bonds. The van der Waals surface area contributed by atoms with E-state index in [2.05, 4.69) is 0 Å². The van der Waals surface area contributed by atoms with E-state index in [1.54, 1.807) is 0 Å². The van der Waals surface area contributed by atoms with Gasteiger partial charge in [0.05, 0.1) is 16.1 Å². The van der Waals surface area contributed by atoms with E-state index in [4.69, 9.17) is 0 Å². The van der Waals surface area contributed by atoms with Crippen LogP contribution in [0.1, 0.15) is 64.2 Å². The molecule has 2 heterocycles. The number of fused-ring (bicyclic) bond motifs is 2. The number of aliphatic hydroxyl groups is 1. The molecule has 0 aromatic carbocycles. The number of sulfone groups is 1. The number of rotatable bonds is 1. The lowest BCUT2D eigenvalue weighted by atomic mass is 9.76. The fourth-order valence-electron chi connectivity index (χ4n) is 4.43. The van der Waals surface area contributed by atoms with Crippen LogP contribution in [-0.4, -0.2) is 29.6 Å². The molecule has 0 radical (unpaired) electrons. The molecule has 18 heavy (non-hydrogen) atoms. The van der Waals surface area contributed by atoms with Gasteiger partial charge in [-0.15, -0.1) is 0 Å². The standard InChI is InChI=1S/C14H24O3S/c15-14(11-5-3-1-2-4-6-11)9-12-7-8-13(10-14)18(12,16)17/h11-13,15H,1-10H2. The van der Waals surface area contributed by atoms with Crippen molar-refractivity contribution < 1.29 is 13.5 Å². The van der Waals surface area contributed by atoms with Crippen molar-refractivity contribution in [2.45, 2.75) is 80.3 Å². The van der Waals surface area contributed by atoms with E-state index in [-0.39, 0.29) is 10.5 Å². The Balaban J connectivity index is 1.80. The normalized spacial score (nSPS) is 44.7. The van der Waals surface area contributed by atoms with Gasteiger partial charge in [0, 0.05) is 0 Å². The highest BCUT2D eigenvalue weighted by atomic mass is 32.2. The van der Waals surface area contributed by atoms with Gasteiger partial charge in [-0.3, -0.25) is 0 Å². The Hall–Kier alpha value is -0.0900. The molecule has 3 nitrogen and oxygen atoms in total. The molecule has 0 spiro atoms. The quantitative estimate of drug-likeness (QED) is 0.746. The predicted octanol–water partition coefficient (Wildman–Crippen LogP) is 2.43. The van der Waals surface area contributed by atoms with Crippen LogP contribution >= 0.6 is 0 Å². The molecule has 2 atom stereocenters. The zero-order chi connectivity index (χ0) is 12.8. The summed E-state index contributed by atoms with van der Waals surface area (Å²) in [6.07, 6.45) is 9.72. The van der Waals surface area contributed by atoms with E-state index in [0.29, 0.717) is 18.8 Å². The van der Waals surface area contributed by atoms with Crippen molar-refractivity contribution in [3.63, 3.8) is 0 Å². The van der Waals surface area contributed by atoms with Crippen molar-refractivity contribution in [2.24, 2.45) is 5.92 Å². The summed E-state index contributed by atoms with van der Waals surface area (Å²) in [6.45, 7) is 0. The molecule has 3 rings (SSSR count). The van der Waals surface area contributed by atoms with Crippen molar-refractivity contribution in [3.8, 4) is 0 Å². The van der Waals surface area contributed by atoms with E-state index in [1.165, 1.54) is 25.7 Å². The van der Waals surface area contributed by atoms with Gasteiger partial charge < -0.3 is 5.11 Å². The van der Waals surface area contributed by atoms with Crippen molar-refractivity contribution in [1.29, 1.82) is 0 Å². The summed E-state index contributed by atoms with van der Waals surface area (Å²) in [5.74, 6) is 0.346. The fourth-order valence-corrected chi connectivity index (χ4v) is 6.95. The smallest absolute Gasteiger partial charge is 0.156 e. The topological polar surface area (TPSA) is 54.4 Å². The summed E-state index contributed by atoms with van der Waals surface area (Å²) in [4.78, 5) is 0. The van der Waals surface area contributed by atoms with Crippen LogP contribution in [0.2, 0.25) is 0 Å². The minimum atomic E-state index is -2.91. The van der Waals surface area contributed by atoms with Crippen LogP contribution in [0.15, 0.2) is 0 Å². The first-order valence-corrected chi connectivity index (χ1v) is 9.08. The molecule has 2 saturated heterocycles. The maximum absolute atomic E-state index is 12.1. The van der Waals surface area contributed by atoms with Crippen molar-refractivity contribution in [1.82, 2.24) is 0 Å². The lowest BCUT2D eigenvalue weighted by Crippen LogP contribution is -2.49. The van der Waals surface area contributed by atoms with Crippen LogP contribution in [-0.2, 0) is 9.84 Å². The third kappa shape index (κ3) is 2.01. The van der Waals surface area contributed by atoms with Crippen molar-refractivity contribution in [3.05, 3.63) is 0 Å². The van der Waals surface area contributed by atoms with Gasteiger partial charge in [0.2, 0.25) is 0 Å². The molecule has 4 heteroatoms. The molecule has 104 valence electrons. The summed E-state index contributed by atoms with van der Waals surface area (Å²) in [7, 11) is -2.91. The van der Waals surface area contributed by atoms with Crippen LogP contribution in [0.4, 0.5) is 0 Å². The molecular weight excluding hydrogens is 248 g/mol. The van der Waals surface area contributed by atoms with Gasteiger partial charge in [-0.25, -0.2) is 8.42 Å². The molecule has 2 aliphatic heterocycles. The number of hydrogen-bond acceptors (Lipinski definition) is 3. The maximum atomic E-state index is 12.1. The minimum Gasteiger partial charge on any atom is -0.390 e. The highest BCUT2D eigenvalue weighted by Gasteiger charge is 2.54. The first kappa shape index (κ1) is 12.9. The first-order chi connectivity index (χ1) is 8.52. The van der Waals surface area contributed by atoms with Gasteiger partial charge in [0.25, 0.3) is 0 Å². The molecule has 0 aromatic rings. The van der Waals surface area contributed by atoms with Gasteiger partial charge in [-0.05, 0) is 44.4 Å². The Morgan fingerprint density at radius 2 is 1.33 bits per heavy atom. The first-order valence-electron chi connectivity index (χ1n) is 7.47. The highest BCUT2D eigenvalue weighted by Crippen LogP contribution is 2.48. The summed E-state index contributed by atoms with van der Waals surface area (Å²) in [6, 6.07) is 0. The van der Waals surface area contributed by atoms with Crippen molar-refractivity contribution >= 4 is 9.84 Å². The molecule has 2 bridgehead atoms. The van der Waals surface area contributed by atoms with E-state index >= 15 is 0 Å². The average molecular weight is 272 g/mol. The largest absolute Gasteiger partial charge is 0.390 e. The van der Waals surface area contributed by atoms with E-state index in [0.717, 1.165) is 25.7 Å². The number of hydrogen-bond donors (Lipinski definition) is 1. The van der Waals surface area contributed by atoms with Gasteiger partial charge in [0.1, 0.15) is 0 Å². The second-order valence-corrected chi connectivity index (χ2v) is 9.12. The molecule has 3 fully saturated rings. The Kier molecular flexibility index (Phi) is 3.22. The zero-order valence-corrected chi connectivity index (χ0v) is 11.8. The minimum absolute atomic E-state index is 0.246. The van der Waals surface area contributed by atoms with Crippen LogP contribution in [0.25, 0.3) is 0 Å². The molecule has 1 N–H and O–H groups in total. The maximum Gasteiger partial charge on any atom is 0.156 e. The molecule has 1 saturated carbocycles. The van der Waals surface area contributed by atoms with Crippen molar-refractivity contribution in [2.75, 3.05) is 0 Å². The Morgan fingerprint density at radius 1 is 0.833 bits per heavy atom. The van der Waals surface area contributed by atoms with Gasteiger partial charge in [-0.2, -0.15) is 0 Å². The third-order valence-corrected chi connectivity index (χ3v) is 8.18. The van der Waals surface area contributed by atoms with Gasteiger partial charge in [0.15, 0.2) is 9.84 Å². The Morgan fingerprint density at radius 3 is 1.83 bits per heavy atom. The predicted molar refractivity (Wildman–Crippen MR) is 71.1 cm³/mol. The highest BCUT2D eigenvalue weighted by molar-refractivity contribution is 7.93. The Labute approximate surface area is 110 Å². The summed E-state index contributed by atoms with van der Waals surface area (Å²) >= 11 is 0. The Bertz CT molecular complexity index is 387. The zero-order valence-electron chi connectivity index (χ0n) is 11.0. The second kappa shape index (κ2) is 4.48. The average Bonchev–Trinajstić information content (AvgIpc) is 2.61. The lowest BCUT2D eigenvalue weighted by molar-refractivity contribution is -0.0402. The molecule has 0 aromatic heterocycles.